The van der Waals surface area contributed by atoms with Crippen molar-refractivity contribution in [2.45, 2.75) is 43.5 Å². The normalized spacial score (nSPS) is 15.2. The Balaban J connectivity index is 2.01. The number of furan rings is 1. The summed E-state index contributed by atoms with van der Waals surface area (Å²) in [5.74, 6) is -0.322. The van der Waals surface area contributed by atoms with Crippen molar-refractivity contribution in [2.75, 3.05) is 0 Å². The monoisotopic (exact) mass is 323 g/mol. The van der Waals surface area contributed by atoms with E-state index in [2.05, 4.69) is 4.72 Å². The van der Waals surface area contributed by atoms with Crippen LogP contribution in [-0.4, -0.2) is 25.0 Å². The van der Waals surface area contributed by atoms with E-state index in [1.54, 1.807) is 6.07 Å². The van der Waals surface area contributed by atoms with Crippen molar-refractivity contribution < 1.29 is 22.7 Å². The van der Waals surface area contributed by atoms with E-state index in [1.165, 1.54) is 26.0 Å². The van der Waals surface area contributed by atoms with Gasteiger partial charge in [-0.1, -0.05) is 0 Å². The van der Waals surface area contributed by atoms with Gasteiger partial charge in [-0.25, -0.2) is 8.42 Å². The van der Waals surface area contributed by atoms with E-state index in [4.69, 9.17) is 9.52 Å². The average molecular weight is 323 g/mol. The highest BCUT2D eigenvalue weighted by Crippen LogP contribution is 2.33. The van der Waals surface area contributed by atoms with E-state index in [9.17, 15) is 13.2 Å². The van der Waals surface area contributed by atoms with E-state index in [0.717, 1.165) is 36.0 Å². The Bertz CT molecular complexity index is 863. The molecule has 7 heteroatoms. The molecule has 2 aromatic rings. The van der Waals surface area contributed by atoms with Gasteiger partial charge in [0, 0.05) is 23.4 Å². The molecular formula is C15H17NO5S. The van der Waals surface area contributed by atoms with Crippen molar-refractivity contribution in [3.63, 3.8) is 0 Å². The summed E-state index contributed by atoms with van der Waals surface area (Å²) in [5, 5.41) is 9.99. The maximum atomic E-state index is 12.4. The zero-order chi connectivity index (χ0) is 16.1. The summed E-state index contributed by atoms with van der Waals surface area (Å²) in [6.45, 7) is 2.60. The van der Waals surface area contributed by atoms with Gasteiger partial charge in [-0.15, -0.1) is 0 Å². The van der Waals surface area contributed by atoms with E-state index in [1.807, 2.05) is 0 Å². The van der Waals surface area contributed by atoms with Crippen molar-refractivity contribution in [3.05, 3.63) is 29.5 Å². The predicted octanol–water partition coefficient (Wildman–Crippen LogP) is 2.06. The van der Waals surface area contributed by atoms with Crippen LogP contribution in [0.1, 0.15) is 31.6 Å². The van der Waals surface area contributed by atoms with Crippen molar-refractivity contribution in [1.82, 2.24) is 4.72 Å². The van der Waals surface area contributed by atoms with Gasteiger partial charge in [-0.05, 0) is 38.8 Å². The molecule has 0 fully saturated rings. The number of nitrogens with one attached hydrogen (secondary N) is 1. The molecule has 3 rings (SSSR count). The van der Waals surface area contributed by atoms with Crippen LogP contribution < -0.4 is 4.72 Å². The first kappa shape index (κ1) is 15.1. The quantitative estimate of drug-likeness (QED) is 0.898. The summed E-state index contributed by atoms with van der Waals surface area (Å²) < 4.78 is 32.6. The minimum atomic E-state index is -3.94. The SMILES string of the molecule is CC(C)(NS(=O)(=O)c1ccc2c3c(oc2c1)CCC3)C(=O)O. The molecule has 6 nitrogen and oxygen atoms in total. The van der Waals surface area contributed by atoms with Gasteiger partial charge in [0.15, 0.2) is 0 Å². The maximum absolute atomic E-state index is 12.4. The molecule has 2 N–H and O–H groups in total. The Labute approximate surface area is 128 Å². The molecule has 0 saturated heterocycles. The first-order valence-electron chi connectivity index (χ1n) is 7.02. The lowest BCUT2D eigenvalue weighted by Crippen LogP contribution is -2.49. The van der Waals surface area contributed by atoms with Gasteiger partial charge in [0.2, 0.25) is 10.0 Å². The van der Waals surface area contributed by atoms with Crippen LogP contribution in [0.3, 0.4) is 0 Å². The summed E-state index contributed by atoms with van der Waals surface area (Å²) in [5.41, 5.74) is 0.0945. The lowest BCUT2D eigenvalue weighted by atomic mass is 10.1. The number of aryl methyl sites for hydroxylation is 2. The highest BCUT2D eigenvalue weighted by Gasteiger charge is 2.33. The van der Waals surface area contributed by atoms with Gasteiger partial charge in [0.25, 0.3) is 0 Å². The largest absolute Gasteiger partial charge is 0.480 e. The standard InChI is InChI=1S/C15H17NO5S/c1-15(2,14(17)18)16-22(19,20)9-6-7-11-10-4-3-5-12(10)21-13(11)8-9/h6-8,16H,3-5H2,1-2H3,(H,17,18). The lowest BCUT2D eigenvalue weighted by Gasteiger charge is -2.20. The number of carbonyl (C=O) groups is 1. The summed E-state index contributed by atoms with van der Waals surface area (Å²) in [6, 6.07) is 4.66. The molecule has 1 heterocycles. The Morgan fingerprint density at radius 2 is 2.05 bits per heavy atom. The van der Waals surface area contributed by atoms with Crippen LogP contribution in [0.15, 0.2) is 27.5 Å². The van der Waals surface area contributed by atoms with E-state index >= 15 is 0 Å². The first-order valence-corrected chi connectivity index (χ1v) is 8.51. The average Bonchev–Trinajstić information content (AvgIpc) is 2.96. The van der Waals surface area contributed by atoms with Gasteiger partial charge >= 0.3 is 5.97 Å². The second kappa shape index (κ2) is 4.82. The molecule has 0 spiro atoms. The fourth-order valence-electron chi connectivity index (χ4n) is 2.69. The summed E-state index contributed by atoms with van der Waals surface area (Å²) in [4.78, 5) is 11.1. The van der Waals surface area contributed by atoms with Crippen molar-refractivity contribution in [3.8, 4) is 0 Å². The zero-order valence-corrected chi connectivity index (χ0v) is 13.2. The van der Waals surface area contributed by atoms with Crippen LogP contribution >= 0.6 is 0 Å². The minimum Gasteiger partial charge on any atom is -0.480 e. The van der Waals surface area contributed by atoms with E-state index < -0.39 is 21.5 Å². The van der Waals surface area contributed by atoms with Gasteiger partial charge in [0.1, 0.15) is 16.9 Å². The van der Waals surface area contributed by atoms with Gasteiger partial charge in [-0.2, -0.15) is 4.72 Å². The highest BCUT2D eigenvalue weighted by molar-refractivity contribution is 7.89. The third-order valence-electron chi connectivity index (χ3n) is 3.91. The molecule has 1 aromatic heterocycles. The minimum absolute atomic E-state index is 0.00162. The molecule has 0 bridgehead atoms. The number of benzene rings is 1. The van der Waals surface area contributed by atoms with Crippen LogP contribution in [0.25, 0.3) is 11.0 Å². The number of rotatable bonds is 4. The van der Waals surface area contributed by atoms with Crippen molar-refractivity contribution in [1.29, 1.82) is 0 Å². The number of fused-ring (bicyclic) bond motifs is 3. The molecule has 0 aliphatic heterocycles. The van der Waals surface area contributed by atoms with Gasteiger partial charge in [0.05, 0.1) is 4.90 Å². The van der Waals surface area contributed by atoms with Crippen molar-refractivity contribution >= 4 is 27.0 Å². The van der Waals surface area contributed by atoms with Crippen molar-refractivity contribution in [2.24, 2.45) is 0 Å². The van der Waals surface area contributed by atoms with E-state index in [-0.39, 0.29) is 4.90 Å². The Hall–Kier alpha value is -1.86. The second-order valence-electron chi connectivity index (χ2n) is 6.05. The first-order chi connectivity index (χ1) is 10.2. The fraction of sp³-hybridized carbons (Fsp3) is 0.400. The lowest BCUT2D eigenvalue weighted by molar-refractivity contribution is -0.142. The predicted molar refractivity (Wildman–Crippen MR) is 80.3 cm³/mol. The molecule has 0 radical (unpaired) electrons. The smallest absolute Gasteiger partial charge is 0.324 e. The molecule has 118 valence electrons. The molecule has 22 heavy (non-hydrogen) atoms. The number of hydrogen-bond donors (Lipinski definition) is 2. The summed E-state index contributed by atoms with van der Waals surface area (Å²) in [7, 11) is -3.94. The van der Waals surface area contributed by atoms with Gasteiger partial charge in [-0.3, -0.25) is 4.79 Å². The number of carboxylic acid groups (broad SMARTS) is 1. The highest BCUT2D eigenvalue weighted by atomic mass is 32.2. The van der Waals surface area contributed by atoms with Crippen LogP contribution in [0, 0.1) is 0 Å². The molecule has 1 aliphatic rings. The van der Waals surface area contributed by atoms with E-state index in [0.29, 0.717) is 5.58 Å². The fourth-order valence-corrected chi connectivity index (χ4v) is 4.07. The topological polar surface area (TPSA) is 96.6 Å². The number of aliphatic carboxylic acids is 1. The van der Waals surface area contributed by atoms with Gasteiger partial charge < -0.3 is 9.52 Å². The Morgan fingerprint density at radius 3 is 2.73 bits per heavy atom. The van der Waals surface area contributed by atoms with Crippen LogP contribution in [0.4, 0.5) is 0 Å². The molecule has 0 amide bonds. The number of sulfonamides is 1. The molecule has 0 saturated carbocycles. The number of hydrogen-bond acceptors (Lipinski definition) is 4. The maximum Gasteiger partial charge on any atom is 0.324 e. The molecule has 1 aliphatic carbocycles. The third kappa shape index (κ3) is 2.40. The third-order valence-corrected chi connectivity index (χ3v) is 5.57. The molecule has 0 atom stereocenters. The van der Waals surface area contributed by atoms with Crippen LogP contribution in [0.5, 0.6) is 0 Å². The summed E-state index contributed by atoms with van der Waals surface area (Å²) >= 11 is 0. The molecule has 1 aromatic carbocycles. The Kier molecular flexibility index (Phi) is 3.30. The molecular weight excluding hydrogens is 306 g/mol. The Morgan fingerprint density at radius 1 is 1.32 bits per heavy atom. The van der Waals surface area contributed by atoms with Crippen LogP contribution in [0.2, 0.25) is 0 Å². The summed E-state index contributed by atoms with van der Waals surface area (Å²) in [6.07, 6.45) is 2.87. The zero-order valence-electron chi connectivity index (χ0n) is 12.3. The second-order valence-corrected chi connectivity index (χ2v) is 7.73. The number of carboxylic acids is 1. The molecule has 0 unspecified atom stereocenters. The van der Waals surface area contributed by atoms with Crippen LogP contribution in [-0.2, 0) is 27.7 Å².